The number of rotatable bonds is 5. The van der Waals surface area contributed by atoms with Gasteiger partial charge in [-0.05, 0) is 66.7 Å². The molecule has 0 radical (unpaired) electrons. The predicted octanol–water partition coefficient (Wildman–Crippen LogP) is 8.84. The molecule has 3 aromatic carbocycles. The van der Waals surface area contributed by atoms with Gasteiger partial charge in [-0.2, -0.15) is 5.10 Å². The van der Waals surface area contributed by atoms with Crippen LogP contribution in [0.15, 0.2) is 106 Å². The van der Waals surface area contributed by atoms with E-state index in [1.54, 1.807) is 12.1 Å². The fourth-order valence-corrected chi connectivity index (χ4v) is 5.50. The summed E-state index contributed by atoms with van der Waals surface area (Å²) in [5, 5.41) is 19.0. The number of pyridine rings is 1. The van der Waals surface area contributed by atoms with Crippen LogP contribution in [0.25, 0.3) is 22.3 Å². The van der Waals surface area contributed by atoms with Gasteiger partial charge in [0, 0.05) is 20.7 Å². The van der Waals surface area contributed by atoms with Gasteiger partial charge in [-0.1, -0.05) is 75.0 Å². The molecule has 0 aliphatic rings. The molecule has 0 aliphatic carbocycles. The lowest BCUT2D eigenvalue weighted by atomic mass is 10.1. The minimum Gasteiger partial charge on any atom is -0.543 e. The lowest BCUT2D eigenvalue weighted by molar-refractivity contribution is 0.474. The van der Waals surface area contributed by atoms with E-state index in [0.29, 0.717) is 5.65 Å². The zero-order valence-corrected chi connectivity index (χ0v) is 25.0. The first kappa shape index (κ1) is 27.8. The molecule has 8 heteroatoms. The first-order chi connectivity index (χ1) is 18.0. The van der Waals surface area contributed by atoms with Gasteiger partial charge in [0.15, 0.2) is 5.65 Å². The molecule has 38 heavy (non-hydrogen) atoms. The summed E-state index contributed by atoms with van der Waals surface area (Å²) in [6, 6.07) is 29.1. The zero-order chi connectivity index (χ0) is 27.3. The third-order valence-corrected chi connectivity index (χ3v) is 12.1. The second-order valence-electron chi connectivity index (χ2n) is 10.4. The van der Waals surface area contributed by atoms with Gasteiger partial charge in [-0.15, -0.1) is 12.6 Å². The monoisotopic (exact) mass is 559 g/mol. The van der Waals surface area contributed by atoms with Crippen LogP contribution in [0.5, 0.6) is 11.5 Å². The van der Waals surface area contributed by atoms with Gasteiger partial charge in [-0.25, -0.2) is 4.98 Å². The lowest BCUT2D eigenvalue weighted by Gasteiger charge is -2.36. The van der Waals surface area contributed by atoms with Crippen molar-refractivity contribution in [1.82, 2.24) is 15.2 Å². The second-order valence-corrected chi connectivity index (χ2v) is 16.8. The van der Waals surface area contributed by atoms with E-state index in [1.165, 1.54) is 11.8 Å². The molecule has 2 heterocycles. The fourth-order valence-electron chi connectivity index (χ4n) is 3.42. The molecule has 2 N–H and O–H groups in total. The number of hydrogen-bond acceptors (Lipinski definition) is 6. The molecule has 0 unspecified atom stereocenters. The summed E-state index contributed by atoms with van der Waals surface area (Å²) < 4.78 is 6.14. The standard InChI is InChI=1S/C18H13N3OS.C12H20OSSi/c22-13-7-4-8-14(11-13)23-16-10-9-15-17(20-21-18(15)19-16)12-5-2-1-3-6-12;1-12(2,3)15(4,5)13-10-7-6-8-11(14)9-10/h1-11,22H,(H,19,20,21);6-9,14H,1-5H3. The number of thiol groups is 1. The van der Waals surface area contributed by atoms with Crippen LogP contribution in [-0.4, -0.2) is 28.6 Å². The van der Waals surface area contributed by atoms with Crippen molar-refractivity contribution < 1.29 is 9.53 Å². The van der Waals surface area contributed by atoms with Gasteiger partial charge in [0.05, 0.1) is 5.69 Å². The molecule has 0 atom stereocenters. The summed E-state index contributed by atoms with van der Waals surface area (Å²) in [7, 11) is -1.70. The quantitative estimate of drug-likeness (QED) is 0.148. The number of phenolic OH excluding ortho intramolecular Hbond substituents is 1. The number of aromatic hydroxyl groups is 1. The highest BCUT2D eigenvalue weighted by Gasteiger charge is 2.38. The number of aromatic nitrogens is 3. The van der Waals surface area contributed by atoms with Crippen LogP contribution in [0.3, 0.4) is 0 Å². The van der Waals surface area contributed by atoms with Gasteiger partial charge in [0.1, 0.15) is 16.5 Å². The van der Waals surface area contributed by atoms with Crippen molar-refractivity contribution in [2.75, 3.05) is 0 Å². The second kappa shape index (κ2) is 11.7. The Labute approximate surface area is 235 Å². The van der Waals surface area contributed by atoms with E-state index in [4.69, 9.17) is 4.43 Å². The van der Waals surface area contributed by atoms with Crippen LogP contribution in [0, 0.1) is 0 Å². The average molecular weight is 560 g/mol. The van der Waals surface area contributed by atoms with E-state index in [0.717, 1.165) is 37.2 Å². The third kappa shape index (κ3) is 7.01. The summed E-state index contributed by atoms with van der Waals surface area (Å²) in [5.41, 5.74) is 2.75. The van der Waals surface area contributed by atoms with E-state index >= 15 is 0 Å². The third-order valence-electron chi connectivity index (χ3n) is 6.49. The Balaban J connectivity index is 0.000000196. The van der Waals surface area contributed by atoms with Gasteiger partial charge in [0.25, 0.3) is 0 Å². The van der Waals surface area contributed by atoms with Crippen molar-refractivity contribution in [3.63, 3.8) is 0 Å². The molecule has 0 bridgehead atoms. The lowest BCUT2D eigenvalue weighted by Crippen LogP contribution is -2.43. The number of phenols is 1. The maximum Gasteiger partial charge on any atom is 0.250 e. The number of hydrogen-bond donors (Lipinski definition) is 3. The first-order valence-corrected chi connectivity index (χ1v) is 16.5. The van der Waals surface area contributed by atoms with Crippen LogP contribution in [0.2, 0.25) is 18.1 Å². The Hall–Kier alpha value is -3.20. The maximum atomic E-state index is 9.54. The molecular formula is C30H33N3O2S2Si. The summed E-state index contributed by atoms with van der Waals surface area (Å²) in [6.45, 7) is 11.2. The Morgan fingerprint density at radius 2 is 1.63 bits per heavy atom. The molecule has 196 valence electrons. The average Bonchev–Trinajstić information content (AvgIpc) is 3.27. The molecule has 0 saturated heterocycles. The number of fused-ring (bicyclic) bond motifs is 1. The van der Waals surface area contributed by atoms with Crippen LogP contribution in [-0.2, 0) is 0 Å². The summed E-state index contributed by atoms with van der Waals surface area (Å²) in [6.07, 6.45) is 0. The molecule has 0 aliphatic heterocycles. The predicted molar refractivity (Wildman–Crippen MR) is 163 cm³/mol. The maximum absolute atomic E-state index is 9.54. The van der Waals surface area contributed by atoms with Crippen molar-refractivity contribution in [3.05, 3.63) is 91.0 Å². The SMILES string of the molecule is CC(C)(C)[Si](C)(C)Oc1cccc(S)c1.Oc1cccc(Sc2ccc3c(-c4ccccc4)[nH]nc3n2)c1. The smallest absolute Gasteiger partial charge is 0.250 e. The van der Waals surface area contributed by atoms with Crippen molar-refractivity contribution in [2.45, 2.75) is 53.7 Å². The van der Waals surface area contributed by atoms with Crippen molar-refractivity contribution in [2.24, 2.45) is 0 Å². The van der Waals surface area contributed by atoms with E-state index in [1.807, 2.05) is 78.9 Å². The summed E-state index contributed by atoms with van der Waals surface area (Å²) >= 11 is 5.81. The van der Waals surface area contributed by atoms with E-state index in [9.17, 15) is 5.11 Å². The van der Waals surface area contributed by atoms with E-state index in [-0.39, 0.29) is 10.8 Å². The van der Waals surface area contributed by atoms with Crippen LogP contribution in [0.4, 0.5) is 0 Å². The van der Waals surface area contributed by atoms with Crippen molar-refractivity contribution in [1.29, 1.82) is 0 Å². The molecular weight excluding hydrogens is 527 g/mol. The Bertz CT molecular complexity index is 1520. The molecule has 0 saturated carbocycles. The van der Waals surface area contributed by atoms with Crippen molar-refractivity contribution >= 4 is 43.7 Å². The first-order valence-electron chi connectivity index (χ1n) is 12.4. The van der Waals surface area contributed by atoms with Crippen LogP contribution in [0.1, 0.15) is 20.8 Å². The molecule has 0 fully saturated rings. The van der Waals surface area contributed by atoms with E-state index < -0.39 is 8.32 Å². The molecule has 0 spiro atoms. The summed E-state index contributed by atoms with van der Waals surface area (Å²) in [5.74, 6) is 1.19. The van der Waals surface area contributed by atoms with E-state index in [2.05, 4.69) is 61.7 Å². The molecule has 5 aromatic rings. The number of benzene rings is 3. The minimum atomic E-state index is -1.70. The minimum absolute atomic E-state index is 0.236. The number of aromatic amines is 1. The van der Waals surface area contributed by atoms with Crippen molar-refractivity contribution in [3.8, 4) is 22.8 Å². The van der Waals surface area contributed by atoms with Gasteiger partial charge in [0.2, 0.25) is 8.32 Å². The molecule has 5 rings (SSSR count). The highest BCUT2D eigenvalue weighted by atomic mass is 32.2. The van der Waals surface area contributed by atoms with Gasteiger partial charge in [-0.3, -0.25) is 5.10 Å². The Morgan fingerprint density at radius 1 is 0.895 bits per heavy atom. The topological polar surface area (TPSA) is 71.0 Å². The van der Waals surface area contributed by atoms with Crippen LogP contribution >= 0.6 is 24.4 Å². The number of nitrogens with zero attached hydrogens (tertiary/aromatic N) is 2. The van der Waals surface area contributed by atoms with Gasteiger partial charge < -0.3 is 9.53 Å². The normalized spacial score (nSPS) is 11.6. The summed E-state index contributed by atoms with van der Waals surface area (Å²) in [4.78, 5) is 6.48. The molecule has 2 aromatic heterocycles. The number of nitrogens with one attached hydrogen (secondary N) is 1. The Kier molecular flexibility index (Phi) is 8.55. The molecule has 0 amide bonds. The van der Waals surface area contributed by atoms with Gasteiger partial charge >= 0.3 is 0 Å². The molecule has 5 nitrogen and oxygen atoms in total. The number of H-pyrrole nitrogens is 1. The zero-order valence-electron chi connectivity index (χ0n) is 22.3. The fraction of sp³-hybridized carbons (Fsp3) is 0.200. The van der Waals surface area contributed by atoms with Crippen LogP contribution < -0.4 is 4.43 Å². The highest BCUT2D eigenvalue weighted by Crippen LogP contribution is 2.37. The largest absolute Gasteiger partial charge is 0.543 e. The Morgan fingerprint density at radius 3 is 2.32 bits per heavy atom. The highest BCUT2D eigenvalue weighted by molar-refractivity contribution is 7.99.